The third-order valence-corrected chi connectivity index (χ3v) is 3.43. The normalized spacial score (nSPS) is 11.0. The van der Waals surface area contributed by atoms with E-state index in [1.54, 1.807) is 44.5 Å². The Morgan fingerprint density at radius 1 is 1.29 bits per heavy atom. The van der Waals surface area contributed by atoms with E-state index in [1.807, 2.05) is 0 Å². The van der Waals surface area contributed by atoms with Gasteiger partial charge in [0.15, 0.2) is 17.2 Å². The average Bonchev–Trinajstić information content (AvgIpc) is 3.08. The summed E-state index contributed by atoms with van der Waals surface area (Å²) in [6, 6.07) is 8.19. The quantitative estimate of drug-likeness (QED) is 0.737. The number of rotatable bonds is 3. The molecule has 0 spiro atoms. The highest BCUT2D eigenvalue weighted by molar-refractivity contribution is 5.98. The van der Waals surface area contributed by atoms with Crippen molar-refractivity contribution >= 4 is 16.9 Å². The van der Waals surface area contributed by atoms with E-state index >= 15 is 0 Å². The van der Waals surface area contributed by atoms with Crippen LogP contribution in [0.25, 0.3) is 11.0 Å². The first kappa shape index (κ1) is 13.4. The highest BCUT2D eigenvalue weighted by Gasteiger charge is 2.22. The molecule has 0 atom stereocenters. The first-order valence-electron chi connectivity index (χ1n) is 6.53. The fraction of sp³-hybridized carbons (Fsp3) is 0.188. The van der Waals surface area contributed by atoms with Crippen LogP contribution in [0.4, 0.5) is 4.39 Å². The molecule has 0 aliphatic heterocycles. The number of para-hydroxylation sites is 1. The minimum absolute atomic E-state index is 0.116. The molecule has 3 rings (SSSR count). The van der Waals surface area contributed by atoms with Crippen LogP contribution in [0.3, 0.4) is 0 Å². The lowest BCUT2D eigenvalue weighted by Gasteiger charge is -2.14. The molecule has 0 aliphatic rings. The van der Waals surface area contributed by atoms with Gasteiger partial charge in [-0.25, -0.2) is 4.39 Å². The lowest BCUT2D eigenvalue weighted by atomic mass is 10.1. The van der Waals surface area contributed by atoms with Crippen molar-refractivity contribution in [2.75, 3.05) is 7.05 Å². The van der Waals surface area contributed by atoms with Crippen LogP contribution in [0.5, 0.6) is 0 Å². The lowest BCUT2D eigenvalue weighted by molar-refractivity contribution is 0.0745. The van der Waals surface area contributed by atoms with Crippen molar-refractivity contribution in [1.82, 2.24) is 4.90 Å². The Kier molecular flexibility index (Phi) is 3.25. The Morgan fingerprint density at radius 3 is 2.76 bits per heavy atom. The van der Waals surface area contributed by atoms with E-state index < -0.39 is 5.82 Å². The average molecular weight is 287 g/mol. The van der Waals surface area contributed by atoms with Crippen LogP contribution in [0.15, 0.2) is 45.4 Å². The number of carbonyl (C=O) groups is 1. The molecule has 5 heteroatoms. The zero-order valence-corrected chi connectivity index (χ0v) is 11.7. The second kappa shape index (κ2) is 5.09. The minimum atomic E-state index is -0.469. The fourth-order valence-corrected chi connectivity index (χ4v) is 2.29. The van der Waals surface area contributed by atoms with E-state index in [2.05, 4.69) is 0 Å². The molecule has 0 saturated carbocycles. The van der Waals surface area contributed by atoms with E-state index in [-0.39, 0.29) is 17.3 Å². The van der Waals surface area contributed by atoms with E-state index in [4.69, 9.17) is 8.83 Å². The van der Waals surface area contributed by atoms with Crippen molar-refractivity contribution in [2.45, 2.75) is 13.5 Å². The Labute approximate surface area is 120 Å². The molecule has 2 aromatic heterocycles. The smallest absolute Gasteiger partial charge is 0.290 e. The molecule has 0 fully saturated rings. The van der Waals surface area contributed by atoms with E-state index in [0.29, 0.717) is 23.3 Å². The first-order chi connectivity index (χ1) is 10.1. The molecule has 0 unspecified atom stereocenters. The highest BCUT2D eigenvalue weighted by atomic mass is 19.1. The number of benzene rings is 1. The first-order valence-corrected chi connectivity index (χ1v) is 6.53. The van der Waals surface area contributed by atoms with Crippen molar-refractivity contribution in [3.05, 3.63) is 59.5 Å². The van der Waals surface area contributed by atoms with Crippen LogP contribution in [0.2, 0.25) is 0 Å². The summed E-state index contributed by atoms with van der Waals surface area (Å²) in [5, 5.41) is 0.616. The SMILES string of the molecule is Cc1c(C(=O)N(C)Cc2ccco2)oc2c(F)cccc12. The fourth-order valence-electron chi connectivity index (χ4n) is 2.29. The zero-order chi connectivity index (χ0) is 15.0. The van der Waals surface area contributed by atoms with Gasteiger partial charge in [-0.3, -0.25) is 4.79 Å². The van der Waals surface area contributed by atoms with Gasteiger partial charge in [-0.2, -0.15) is 0 Å². The summed E-state index contributed by atoms with van der Waals surface area (Å²) in [7, 11) is 1.65. The molecule has 1 amide bonds. The number of hydrogen-bond acceptors (Lipinski definition) is 3. The molecular weight excluding hydrogens is 273 g/mol. The van der Waals surface area contributed by atoms with Crippen LogP contribution in [-0.2, 0) is 6.54 Å². The third-order valence-electron chi connectivity index (χ3n) is 3.43. The van der Waals surface area contributed by atoms with Crippen molar-refractivity contribution in [3.8, 4) is 0 Å². The van der Waals surface area contributed by atoms with Gasteiger partial charge in [0.2, 0.25) is 0 Å². The maximum Gasteiger partial charge on any atom is 0.290 e. The molecule has 21 heavy (non-hydrogen) atoms. The van der Waals surface area contributed by atoms with Gasteiger partial charge in [0.1, 0.15) is 5.76 Å². The van der Waals surface area contributed by atoms with Crippen LogP contribution < -0.4 is 0 Å². The van der Waals surface area contributed by atoms with Crippen LogP contribution in [0.1, 0.15) is 21.9 Å². The Morgan fingerprint density at radius 2 is 2.10 bits per heavy atom. The molecule has 1 aromatic carbocycles. The summed E-state index contributed by atoms with van der Waals surface area (Å²) in [5.74, 6) is 0.0535. The van der Waals surface area contributed by atoms with Gasteiger partial charge < -0.3 is 13.7 Å². The molecule has 0 aliphatic carbocycles. The predicted octanol–water partition coefficient (Wildman–Crippen LogP) is 3.75. The summed E-state index contributed by atoms with van der Waals surface area (Å²) >= 11 is 0. The molecule has 0 radical (unpaired) electrons. The van der Waals surface area contributed by atoms with Crippen LogP contribution in [0, 0.1) is 12.7 Å². The molecule has 3 aromatic rings. The number of furan rings is 2. The van der Waals surface area contributed by atoms with Crippen LogP contribution in [-0.4, -0.2) is 17.9 Å². The van der Waals surface area contributed by atoms with Crippen LogP contribution >= 0.6 is 0 Å². The standard InChI is InChI=1S/C16H14FNO3/c1-10-12-6-3-7-13(17)15(12)21-14(10)16(19)18(2)9-11-5-4-8-20-11/h3-8H,9H2,1-2H3. The van der Waals surface area contributed by atoms with Gasteiger partial charge in [-0.1, -0.05) is 12.1 Å². The molecule has 4 nitrogen and oxygen atoms in total. The van der Waals surface area contributed by atoms with E-state index in [1.165, 1.54) is 11.0 Å². The second-order valence-electron chi connectivity index (χ2n) is 4.91. The maximum absolute atomic E-state index is 13.7. The minimum Gasteiger partial charge on any atom is -0.467 e. The van der Waals surface area contributed by atoms with Gasteiger partial charge in [-0.15, -0.1) is 0 Å². The maximum atomic E-state index is 13.7. The van der Waals surface area contributed by atoms with Crippen molar-refractivity contribution in [1.29, 1.82) is 0 Å². The second-order valence-corrected chi connectivity index (χ2v) is 4.91. The largest absolute Gasteiger partial charge is 0.467 e. The van der Waals surface area contributed by atoms with E-state index in [9.17, 15) is 9.18 Å². The number of hydrogen-bond donors (Lipinski definition) is 0. The Hall–Kier alpha value is -2.56. The summed E-state index contributed by atoms with van der Waals surface area (Å²) in [6.07, 6.45) is 1.55. The predicted molar refractivity (Wildman–Crippen MR) is 75.4 cm³/mol. The number of nitrogens with zero attached hydrogens (tertiary/aromatic N) is 1. The van der Waals surface area contributed by atoms with Gasteiger partial charge in [0, 0.05) is 18.0 Å². The third kappa shape index (κ3) is 2.31. The number of halogens is 1. The molecule has 2 heterocycles. The molecule has 108 valence electrons. The van der Waals surface area contributed by atoms with Crippen molar-refractivity contribution in [3.63, 3.8) is 0 Å². The molecule has 0 saturated heterocycles. The summed E-state index contributed by atoms with van der Waals surface area (Å²) in [4.78, 5) is 13.9. The van der Waals surface area contributed by atoms with Crippen molar-refractivity contribution in [2.24, 2.45) is 0 Å². The number of aryl methyl sites for hydroxylation is 1. The van der Waals surface area contributed by atoms with Crippen molar-refractivity contribution < 1.29 is 18.0 Å². The lowest BCUT2D eigenvalue weighted by Crippen LogP contribution is -2.26. The van der Waals surface area contributed by atoms with E-state index in [0.717, 1.165) is 0 Å². The summed E-state index contributed by atoms with van der Waals surface area (Å²) in [5.41, 5.74) is 0.755. The van der Waals surface area contributed by atoms with Gasteiger partial charge >= 0.3 is 0 Å². The van der Waals surface area contributed by atoms with Gasteiger partial charge in [0.05, 0.1) is 12.8 Å². The Balaban J connectivity index is 1.94. The molecule has 0 bridgehead atoms. The topological polar surface area (TPSA) is 46.6 Å². The summed E-state index contributed by atoms with van der Waals surface area (Å²) in [6.45, 7) is 2.07. The molecular formula is C16H14FNO3. The number of amides is 1. The monoisotopic (exact) mass is 287 g/mol. The number of carbonyl (C=O) groups excluding carboxylic acids is 1. The molecule has 0 N–H and O–H groups in total. The zero-order valence-electron chi connectivity index (χ0n) is 11.7. The summed E-state index contributed by atoms with van der Waals surface area (Å²) < 4.78 is 24.4. The van der Waals surface area contributed by atoms with Gasteiger partial charge in [-0.05, 0) is 25.1 Å². The van der Waals surface area contributed by atoms with Gasteiger partial charge in [0.25, 0.3) is 5.91 Å². The number of fused-ring (bicyclic) bond motifs is 1. The Bertz CT molecular complexity index is 789. The highest BCUT2D eigenvalue weighted by Crippen LogP contribution is 2.28.